The Morgan fingerprint density at radius 1 is 0.788 bits per heavy atom. The van der Waals surface area contributed by atoms with E-state index in [0.717, 1.165) is 16.9 Å². The fourth-order valence-corrected chi connectivity index (χ4v) is 4.56. The minimum atomic E-state index is -0.348. The van der Waals surface area contributed by atoms with Gasteiger partial charge in [-0.1, -0.05) is 59.6 Å². The smallest absolute Gasteiger partial charge is 0.282 e. The zero-order valence-corrected chi connectivity index (χ0v) is 19.0. The molecule has 3 aromatic rings. The molecule has 7 heteroatoms. The van der Waals surface area contributed by atoms with Crippen LogP contribution in [0.1, 0.15) is 11.1 Å². The lowest BCUT2D eigenvalue weighted by Gasteiger charge is -2.37. The SMILES string of the molecule is Cc1ccc(C2=C(N3CCN(c4ccccn4)CC3)C(=O)N(c3ccccc3Cl)C2=O)cc1. The lowest BCUT2D eigenvalue weighted by atomic mass is 10.0. The average molecular weight is 459 g/mol. The number of amides is 2. The van der Waals surface area contributed by atoms with Gasteiger partial charge in [0.15, 0.2) is 0 Å². The van der Waals surface area contributed by atoms with Crippen molar-refractivity contribution in [2.75, 3.05) is 36.0 Å². The molecule has 2 amide bonds. The van der Waals surface area contributed by atoms with Crippen molar-refractivity contribution in [1.29, 1.82) is 0 Å². The highest BCUT2D eigenvalue weighted by molar-refractivity contribution is 6.47. The van der Waals surface area contributed by atoms with E-state index < -0.39 is 0 Å². The van der Waals surface area contributed by atoms with Gasteiger partial charge >= 0.3 is 0 Å². The van der Waals surface area contributed by atoms with Crippen LogP contribution >= 0.6 is 11.6 Å². The van der Waals surface area contributed by atoms with Crippen LogP contribution in [0.3, 0.4) is 0 Å². The number of para-hydroxylation sites is 1. The van der Waals surface area contributed by atoms with Gasteiger partial charge in [-0.05, 0) is 36.8 Å². The molecule has 0 N–H and O–H groups in total. The standard InChI is InChI=1S/C26H23ClN4O2/c1-18-9-11-19(12-10-18)23-24(26(33)31(25(23)32)21-7-3-2-6-20(21)27)30-16-14-29(15-17-30)22-8-4-5-13-28-22/h2-13H,14-17H2,1H3. The van der Waals surface area contributed by atoms with Gasteiger partial charge in [0.1, 0.15) is 11.5 Å². The molecule has 0 unspecified atom stereocenters. The second-order valence-electron chi connectivity index (χ2n) is 8.15. The quantitative estimate of drug-likeness (QED) is 0.550. The summed E-state index contributed by atoms with van der Waals surface area (Å²) in [7, 11) is 0. The first-order valence-electron chi connectivity index (χ1n) is 10.9. The van der Waals surface area contributed by atoms with E-state index in [1.807, 2.05) is 54.3 Å². The number of benzene rings is 2. The van der Waals surface area contributed by atoms with E-state index >= 15 is 0 Å². The van der Waals surface area contributed by atoms with Crippen LogP contribution in [0.25, 0.3) is 5.57 Å². The van der Waals surface area contributed by atoms with Crippen molar-refractivity contribution in [3.63, 3.8) is 0 Å². The molecule has 1 saturated heterocycles. The Kier molecular flexibility index (Phi) is 5.60. The van der Waals surface area contributed by atoms with E-state index in [9.17, 15) is 9.59 Å². The van der Waals surface area contributed by atoms with Gasteiger partial charge in [-0.15, -0.1) is 0 Å². The number of anilines is 2. The van der Waals surface area contributed by atoms with Crippen molar-refractivity contribution in [1.82, 2.24) is 9.88 Å². The summed E-state index contributed by atoms with van der Waals surface area (Å²) in [5, 5.41) is 0.365. The molecule has 2 aliphatic rings. The van der Waals surface area contributed by atoms with Crippen molar-refractivity contribution >= 4 is 40.5 Å². The van der Waals surface area contributed by atoms with Crippen molar-refractivity contribution in [2.45, 2.75) is 6.92 Å². The number of piperazine rings is 1. The van der Waals surface area contributed by atoms with E-state index in [4.69, 9.17) is 11.6 Å². The predicted octanol–water partition coefficient (Wildman–Crippen LogP) is 4.15. The van der Waals surface area contributed by atoms with Crippen LogP contribution in [0.2, 0.25) is 5.02 Å². The third kappa shape index (κ3) is 3.87. The fourth-order valence-electron chi connectivity index (χ4n) is 4.34. The minimum absolute atomic E-state index is 0.338. The van der Waals surface area contributed by atoms with E-state index in [2.05, 4.69) is 9.88 Å². The molecule has 1 fully saturated rings. The third-order valence-corrected chi connectivity index (χ3v) is 6.38. The molecule has 0 spiro atoms. The maximum Gasteiger partial charge on any atom is 0.282 e. The Labute approximate surface area is 197 Å². The molecule has 5 rings (SSSR count). The monoisotopic (exact) mass is 458 g/mol. The summed E-state index contributed by atoms with van der Waals surface area (Å²) in [4.78, 5) is 37.2. The highest BCUT2D eigenvalue weighted by Gasteiger charge is 2.43. The van der Waals surface area contributed by atoms with E-state index in [0.29, 0.717) is 48.2 Å². The van der Waals surface area contributed by atoms with Gasteiger partial charge in [0.2, 0.25) is 0 Å². The molecule has 0 aliphatic carbocycles. The van der Waals surface area contributed by atoms with Crippen LogP contribution in [-0.2, 0) is 9.59 Å². The Morgan fingerprint density at radius 3 is 2.12 bits per heavy atom. The lowest BCUT2D eigenvalue weighted by Crippen LogP contribution is -2.48. The molecule has 3 heterocycles. The van der Waals surface area contributed by atoms with Crippen molar-refractivity contribution in [2.24, 2.45) is 0 Å². The summed E-state index contributed by atoms with van der Waals surface area (Å²) >= 11 is 6.38. The number of aryl methyl sites for hydroxylation is 1. The van der Waals surface area contributed by atoms with E-state index in [1.165, 1.54) is 4.90 Å². The number of pyridine rings is 1. The summed E-state index contributed by atoms with van der Waals surface area (Å²) in [6.45, 7) is 4.62. The second kappa shape index (κ2) is 8.71. The van der Waals surface area contributed by atoms with Crippen molar-refractivity contribution in [3.8, 4) is 0 Å². The molecule has 1 aromatic heterocycles. The van der Waals surface area contributed by atoms with Crippen LogP contribution < -0.4 is 9.80 Å². The molecule has 166 valence electrons. The zero-order chi connectivity index (χ0) is 22.9. The van der Waals surface area contributed by atoms with Gasteiger partial charge in [0, 0.05) is 32.4 Å². The van der Waals surface area contributed by atoms with Gasteiger partial charge < -0.3 is 9.80 Å². The van der Waals surface area contributed by atoms with E-state index in [-0.39, 0.29) is 11.8 Å². The number of hydrogen-bond donors (Lipinski definition) is 0. The van der Waals surface area contributed by atoms with Crippen molar-refractivity contribution < 1.29 is 9.59 Å². The van der Waals surface area contributed by atoms with Gasteiger partial charge in [-0.2, -0.15) is 0 Å². The Morgan fingerprint density at radius 2 is 1.45 bits per heavy atom. The van der Waals surface area contributed by atoms with Gasteiger partial charge in [-0.25, -0.2) is 9.88 Å². The molecule has 2 aromatic carbocycles. The molecular weight excluding hydrogens is 436 g/mol. The molecule has 0 saturated carbocycles. The number of rotatable bonds is 4. The Balaban J connectivity index is 1.52. The highest BCUT2D eigenvalue weighted by Crippen LogP contribution is 2.38. The van der Waals surface area contributed by atoms with Crippen LogP contribution in [0.4, 0.5) is 11.5 Å². The molecular formula is C26H23ClN4O2. The van der Waals surface area contributed by atoms with Crippen molar-refractivity contribution in [3.05, 3.63) is 94.8 Å². The number of carbonyl (C=O) groups excluding carboxylic acids is 2. The number of halogens is 1. The zero-order valence-electron chi connectivity index (χ0n) is 18.2. The molecule has 0 radical (unpaired) electrons. The first kappa shape index (κ1) is 21.2. The molecule has 0 atom stereocenters. The van der Waals surface area contributed by atoms with Gasteiger partial charge in [-0.3, -0.25) is 9.59 Å². The molecule has 33 heavy (non-hydrogen) atoms. The number of imide groups is 1. The lowest BCUT2D eigenvalue weighted by molar-refractivity contribution is -0.120. The summed E-state index contributed by atoms with van der Waals surface area (Å²) in [5.41, 5.74) is 3.08. The van der Waals surface area contributed by atoms with Gasteiger partial charge in [0.25, 0.3) is 11.8 Å². The molecule has 2 aliphatic heterocycles. The predicted molar refractivity (Wildman–Crippen MR) is 130 cm³/mol. The van der Waals surface area contributed by atoms with Gasteiger partial charge in [0.05, 0.1) is 16.3 Å². The summed E-state index contributed by atoms with van der Waals surface area (Å²) in [5.74, 6) is 0.227. The summed E-state index contributed by atoms with van der Waals surface area (Å²) in [6, 6.07) is 20.5. The fraction of sp³-hybridized carbons (Fsp3) is 0.192. The largest absolute Gasteiger partial charge is 0.363 e. The number of nitrogens with zero attached hydrogens (tertiary/aromatic N) is 4. The number of carbonyl (C=O) groups is 2. The maximum absolute atomic E-state index is 13.7. The first-order chi connectivity index (χ1) is 16.0. The number of hydrogen-bond acceptors (Lipinski definition) is 5. The summed E-state index contributed by atoms with van der Waals surface area (Å²) < 4.78 is 0. The van der Waals surface area contributed by atoms with Crippen LogP contribution in [0.15, 0.2) is 78.6 Å². The van der Waals surface area contributed by atoms with Crippen LogP contribution in [-0.4, -0.2) is 47.9 Å². The first-order valence-corrected chi connectivity index (χ1v) is 11.3. The molecule has 6 nitrogen and oxygen atoms in total. The highest BCUT2D eigenvalue weighted by atomic mass is 35.5. The number of aromatic nitrogens is 1. The maximum atomic E-state index is 13.7. The summed E-state index contributed by atoms with van der Waals surface area (Å²) in [6.07, 6.45) is 1.78. The van der Waals surface area contributed by atoms with Crippen LogP contribution in [0, 0.1) is 6.92 Å². The second-order valence-corrected chi connectivity index (χ2v) is 8.56. The van der Waals surface area contributed by atoms with Crippen LogP contribution in [0.5, 0.6) is 0 Å². The third-order valence-electron chi connectivity index (χ3n) is 6.06. The Bertz CT molecular complexity index is 1230. The minimum Gasteiger partial charge on any atom is -0.363 e. The molecule has 0 bridgehead atoms. The average Bonchev–Trinajstić information content (AvgIpc) is 3.10. The Hall–Kier alpha value is -3.64. The topological polar surface area (TPSA) is 56.8 Å². The normalized spacial score (nSPS) is 16.7. The van der Waals surface area contributed by atoms with E-state index in [1.54, 1.807) is 30.5 Å².